The second kappa shape index (κ2) is 8.81. The average Bonchev–Trinajstić information content (AvgIpc) is 3.59. The number of allylic oxidation sites excluding steroid dienone is 1. The molecule has 0 fully saturated rings. The smallest absolute Gasteiger partial charge is 0.0892 e. The number of hydrogen-bond donors (Lipinski definition) is 0. The molecule has 9 rings (SSSR count). The summed E-state index contributed by atoms with van der Waals surface area (Å²) in [6.07, 6.45) is 9.69. The molecule has 0 saturated heterocycles. The van der Waals surface area contributed by atoms with Gasteiger partial charge in [-0.2, -0.15) is 0 Å². The van der Waals surface area contributed by atoms with Crippen molar-refractivity contribution in [1.29, 1.82) is 0 Å². The van der Waals surface area contributed by atoms with E-state index >= 15 is 0 Å². The van der Waals surface area contributed by atoms with Gasteiger partial charge in [0.1, 0.15) is 0 Å². The molecular formula is C37H24N2S2. The third kappa shape index (κ3) is 3.29. The van der Waals surface area contributed by atoms with Gasteiger partial charge in [0.15, 0.2) is 0 Å². The van der Waals surface area contributed by atoms with Crippen LogP contribution in [-0.2, 0) is 0 Å². The maximum Gasteiger partial charge on any atom is 0.0892 e. The molecule has 1 atom stereocenters. The van der Waals surface area contributed by atoms with Crippen molar-refractivity contribution in [3.63, 3.8) is 0 Å². The highest BCUT2D eigenvalue weighted by atomic mass is 32.1. The Morgan fingerprint density at radius 2 is 1.12 bits per heavy atom. The molecular weight excluding hydrogens is 537 g/mol. The normalized spacial score (nSPS) is 15.0. The van der Waals surface area contributed by atoms with Crippen molar-refractivity contribution in [2.75, 3.05) is 0 Å². The molecule has 0 radical (unpaired) electrons. The highest BCUT2D eigenvalue weighted by Crippen LogP contribution is 2.49. The molecule has 1 unspecified atom stereocenters. The van der Waals surface area contributed by atoms with Crippen molar-refractivity contribution in [1.82, 2.24) is 9.97 Å². The lowest BCUT2D eigenvalue weighted by molar-refractivity contribution is 0.783. The van der Waals surface area contributed by atoms with Gasteiger partial charge < -0.3 is 0 Å². The van der Waals surface area contributed by atoms with Crippen LogP contribution < -0.4 is 0 Å². The summed E-state index contributed by atoms with van der Waals surface area (Å²) in [6, 6.07) is 30.7. The van der Waals surface area contributed by atoms with Gasteiger partial charge in [-0.25, -0.2) is 0 Å². The summed E-state index contributed by atoms with van der Waals surface area (Å²) in [5.74, 6) is 0.516. The summed E-state index contributed by atoms with van der Waals surface area (Å²) in [7, 11) is 0. The Bertz CT molecular complexity index is 2320. The van der Waals surface area contributed by atoms with Crippen LogP contribution in [0.2, 0.25) is 0 Å². The molecule has 0 spiro atoms. The second-order valence-electron chi connectivity index (χ2n) is 10.9. The first kappa shape index (κ1) is 23.3. The Hall–Kier alpha value is -4.38. The van der Waals surface area contributed by atoms with E-state index in [1.54, 1.807) is 0 Å². The first-order chi connectivity index (χ1) is 20.3. The molecule has 4 heteroatoms. The molecule has 4 aromatic heterocycles. The molecule has 2 nitrogen and oxygen atoms in total. The summed E-state index contributed by atoms with van der Waals surface area (Å²) in [5.41, 5.74) is 6.02. The standard InChI is InChI=1S/C37H24N2S2/c1-21-9-8-16-30-31(21)28-18-20-39-35(37(28)41-30)33-25-13-4-2-11-23(25)32(24-12-3-5-14-26(24)33)34-36-27(17-19-38-34)22-10-6-7-15-29(22)40-36/h2-8,10-21H,9H2,1H3. The number of rotatable bonds is 2. The van der Waals surface area contributed by atoms with Crippen LogP contribution in [0.3, 0.4) is 0 Å². The van der Waals surface area contributed by atoms with Crippen LogP contribution in [0.15, 0.2) is 103 Å². The summed E-state index contributed by atoms with van der Waals surface area (Å²) >= 11 is 3.73. The Balaban J connectivity index is 1.43. The van der Waals surface area contributed by atoms with Gasteiger partial charge in [-0.1, -0.05) is 79.7 Å². The van der Waals surface area contributed by atoms with Crippen LogP contribution in [0.5, 0.6) is 0 Å². The highest BCUT2D eigenvalue weighted by molar-refractivity contribution is 7.26. The van der Waals surface area contributed by atoms with E-state index in [4.69, 9.17) is 9.97 Å². The van der Waals surface area contributed by atoms with Crippen LogP contribution in [-0.4, -0.2) is 9.97 Å². The first-order valence-corrected chi connectivity index (χ1v) is 15.7. The van der Waals surface area contributed by atoms with Crippen LogP contribution in [0.4, 0.5) is 0 Å². The van der Waals surface area contributed by atoms with Crippen molar-refractivity contribution in [2.24, 2.45) is 0 Å². The van der Waals surface area contributed by atoms with Crippen molar-refractivity contribution in [2.45, 2.75) is 19.3 Å². The molecule has 8 aromatic rings. The van der Waals surface area contributed by atoms with Gasteiger partial charge in [-0.15, -0.1) is 22.7 Å². The fourth-order valence-corrected chi connectivity index (χ4v) is 9.38. The maximum absolute atomic E-state index is 5.10. The second-order valence-corrected chi connectivity index (χ2v) is 13.0. The van der Waals surface area contributed by atoms with E-state index in [0.717, 1.165) is 17.8 Å². The number of nitrogens with zero attached hydrogens (tertiary/aromatic N) is 2. The Morgan fingerprint density at radius 3 is 1.76 bits per heavy atom. The SMILES string of the molecule is CC1CC=Cc2sc3c(-c4c5ccccc5c(-c5nccc6c5sc5ccccc56)c5ccccc45)nccc3c21. The van der Waals surface area contributed by atoms with Gasteiger partial charge in [0, 0.05) is 49.3 Å². The summed E-state index contributed by atoms with van der Waals surface area (Å²) in [6.45, 7) is 2.34. The molecule has 1 aliphatic carbocycles. The molecule has 0 saturated carbocycles. The zero-order chi connectivity index (χ0) is 27.1. The zero-order valence-electron chi connectivity index (χ0n) is 22.4. The van der Waals surface area contributed by atoms with Crippen molar-refractivity contribution >= 4 is 80.6 Å². The number of hydrogen-bond acceptors (Lipinski definition) is 4. The topological polar surface area (TPSA) is 25.8 Å². The van der Waals surface area contributed by atoms with E-state index in [2.05, 4.69) is 104 Å². The fourth-order valence-electron chi connectivity index (χ4n) is 6.84. The third-order valence-corrected chi connectivity index (χ3v) is 11.0. The van der Waals surface area contributed by atoms with E-state index in [9.17, 15) is 0 Å². The Morgan fingerprint density at radius 1 is 0.585 bits per heavy atom. The van der Waals surface area contributed by atoms with E-state index in [0.29, 0.717) is 5.92 Å². The monoisotopic (exact) mass is 560 g/mol. The van der Waals surface area contributed by atoms with Crippen LogP contribution >= 0.6 is 22.7 Å². The van der Waals surface area contributed by atoms with Crippen molar-refractivity contribution in [3.05, 3.63) is 114 Å². The largest absolute Gasteiger partial charge is 0.255 e. The summed E-state index contributed by atoms with van der Waals surface area (Å²) in [5, 5.41) is 8.78. The van der Waals surface area contributed by atoms with Gasteiger partial charge in [-0.3, -0.25) is 9.97 Å². The Kier molecular flexibility index (Phi) is 5.01. The molecule has 4 aromatic carbocycles. The first-order valence-electron chi connectivity index (χ1n) is 14.1. The number of thiophene rings is 2. The van der Waals surface area contributed by atoms with Gasteiger partial charge in [0.05, 0.1) is 20.8 Å². The Labute approximate surface area is 245 Å². The number of fused-ring (bicyclic) bond motifs is 8. The van der Waals surface area contributed by atoms with Crippen molar-refractivity contribution in [3.8, 4) is 22.5 Å². The quantitative estimate of drug-likeness (QED) is 0.197. The predicted octanol–water partition coefficient (Wildman–Crippen LogP) is 11.2. The van der Waals surface area contributed by atoms with Crippen molar-refractivity contribution < 1.29 is 0 Å². The lowest BCUT2D eigenvalue weighted by Gasteiger charge is -2.17. The van der Waals surface area contributed by atoms with Gasteiger partial charge >= 0.3 is 0 Å². The van der Waals surface area contributed by atoms with E-state index in [1.807, 2.05) is 35.1 Å². The molecule has 0 bridgehead atoms. The average molecular weight is 561 g/mol. The minimum atomic E-state index is 0.516. The minimum absolute atomic E-state index is 0.516. The molecule has 4 heterocycles. The predicted molar refractivity (Wildman–Crippen MR) is 178 cm³/mol. The number of pyridine rings is 2. The van der Waals surface area contributed by atoms with E-state index in [-0.39, 0.29) is 0 Å². The maximum atomic E-state index is 5.10. The number of benzene rings is 4. The van der Waals surface area contributed by atoms with Crippen LogP contribution in [0, 0.1) is 0 Å². The van der Waals surface area contributed by atoms with Gasteiger partial charge in [0.2, 0.25) is 0 Å². The van der Waals surface area contributed by atoms with Gasteiger partial charge in [-0.05, 0) is 63.7 Å². The summed E-state index contributed by atoms with van der Waals surface area (Å²) < 4.78 is 3.81. The lowest BCUT2D eigenvalue weighted by atomic mass is 9.87. The molecule has 194 valence electrons. The lowest BCUT2D eigenvalue weighted by Crippen LogP contribution is -1.97. The van der Waals surface area contributed by atoms with E-state index < -0.39 is 0 Å². The van der Waals surface area contributed by atoms with Crippen LogP contribution in [0.1, 0.15) is 29.7 Å². The molecule has 0 aliphatic heterocycles. The minimum Gasteiger partial charge on any atom is -0.255 e. The summed E-state index contributed by atoms with van der Waals surface area (Å²) in [4.78, 5) is 11.5. The molecule has 41 heavy (non-hydrogen) atoms. The molecule has 1 aliphatic rings. The van der Waals surface area contributed by atoms with Crippen LogP contribution in [0.25, 0.3) is 80.4 Å². The van der Waals surface area contributed by atoms with Gasteiger partial charge in [0.25, 0.3) is 0 Å². The zero-order valence-corrected chi connectivity index (χ0v) is 24.0. The molecule has 0 N–H and O–H groups in total. The highest BCUT2D eigenvalue weighted by Gasteiger charge is 2.25. The van der Waals surface area contributed by atoms with E-state index in [1.165, 1.54) is 73.4 Å². The third-order valence-electron chi connectivity index (χ3n) is 8.62. The fraction of sp³-hybridized carbons (Fsp3) is 0.0811. The number of aromatic nitrogens is 2. The molecule has 0 amide bonds.